The van der Waals surface area contributed by atoms with Crippen molar-refractivity contribution in [1.29, 1.82) is 0 Å². The van der Waals surface area contributed by atoms with Gasteiger partial charge in [0.2, 0.25) is 0 Å². The fraction of sp³-hybridized carbons (Fsp3) is 0.400. The van der Waals surface area contributed by atoms with Crippen molar-refractivity contribution in [3.05, 3.63) is 39.4 Å². The van der Waals surface area contributed by atoms with E-state index in [4.69, 9.17) is 9.47 Å². The number of nitrogens with zero attached hydrogens (tertiary/aromatic N) is 3. The number of amides is 4. The van der Waals surface area contributed by atoms with Gasteiger partial charge in [-0.1, -0.05) is 16.2 Å². The molecule has 1 aromatic rings. The SMILES string of the molecule is CC(OC(=O)ON1C(=O)CCC1=O)c1ccc(C(C)OC(=O)ON2C(=O)CCC2=O)c([N+](=O)[O-])c1. The lowest BCUT2D eigenvalue weighted by Gasteiger charge is -2.18. The molecule has 2 fully saturated rings. The van der Waals surface area contributed by atoms with Crippen LogP contribution in [0.1, 0.15) is 62.9 Å². The summed E-state index contributed by atoms with van der Waals surface area (Å²) in [6.07, 6.45) is -5.53. The van der Waals surface area contributed by atoms with Gasteiger partial charge in [-0.2, -0.15) is 0 Å². The first-order valence-corrected chi connectivity index (χ1v) is 10.2. The minimum atomic E-state index is -1.41. The van der Waals surface area contributed by atoms with Crippen LogP contribution in [0, 0.1) is 10.1 Å². The number of rotatable bonds is 7. The van der Waals surface area contributed by atoms with Gasteiger partial charge in [-0.25, -0.2) is 9.59 Å². The Morgan fingerprint density at radius 3 is 1.69 bits per heavy atom. The Kier molecular flexibility index (Phi) is 7.27. The van der Waals surface area contributed by atoms with Crippen LogP contribution in [0.3, 0.4) is 0 Å². The van der Waals surface area contributed by atoms with Gasteiger partial charge >= 0.3 is 12.3 Å². The van der Waals surface area contributed by atoms with Gasteiger partial charge in [-0.3, -0.25) is 39.0 Å². The minimum absolute atomic E-state index is 0.0576. The van der Waals surface area contributed by atoms with Crippen molar-refractivity contribution in [1.82, 2.24) is 10.1 Å². The van der Waals surface area contributed by atoms with Gasteiger partial charge in [-0.15, -0.1) is 0 Å². The Morgan fingerprint density at radius 2 is 1.26 bits per heavy atom. The quantitative estimate of drug-likeness (QED) is 0.233. The summed E-state index contributed by atoms with van der Waals surface area (Å²) in [5, 5.41) is 12.2. The molecule has 0 aliphatic carbocycles. The van der Waals surface area contributed by atoms with E-state index in [0.29, 0.717) is 5.06 Å². The highest BCUT2D eigenvalue weighted by Crippen LogP contribution is 2.32. The van der Waals surface area contributed by atoms with E-state index >= 15 is 0 Å². The van der Waals surface area contributed by atoms with Gasteiger partial charge in [0.15, 0.2) is 0 Å². The lowest BCUT2D eigenvalue weighted by Crippen LogP contribution is -2.32. The summed E-state index contributed by atoms with van der Waals surface area (Å²) in [5.74, 6) is -2.85. The molecule has 2 unspecified atom stereocenters. The number of hydroxylamine groups is 4. The van der Waals surface area contributed by atoms with Gasteiger partial charge in [0.1, 0.15) is 12.2 Å². The maximum Gasteiger partial charge on any atom is 0.534 e. The van der Waals surface area contributed by atoms with Crippen molar-refractivity contribution < 1.29 is 52.8 Å². The highest BCUT2D eigenvalue weighted by molar-refractivity contribution is 6.02. The number of nitro groups is 1. The Balaban J connectivity index is 1.66. The molecule has 1 aromatic carbocycles. The second-order valence-electron chi connectivity index (χ2n) is 7.44. The number of carbonyl (C=O) groups excluding carboxylic acids is 6. The molecule has 2 aliphatic heterocycles. The van der Waals surface area contributed by atoms with Gasteiger partial charge in [0.05, 0.1) is 10.5 Å². The third kappa shape index (κ3) is 5.69. The number of hydrogen-bond donors (Lipinski definition) is 0. The first kappa shape index (κ1) is 25.1. The van der Waals surface area contributed by atoms with Gasteiger partial charge < -0.3 is 9.47 Å². The van der Waals surface area contributed by atoms with Crippen LogP contribution in [0.2, 0.25) is 0 Å². The Hall–Kier alpha value is -4.56. The largest absolute Gasteiger partial charge is 0.534 e. The van der Waals surface area contributed by atoms with Crippen molar-refractivity contribution in [2.45, 2.75) is 51.7 Å². The molecule has 4 amide bonds. The van der Waals surface area contributed by atoms with E-state index < -0.39 is 58.8 Å². The molecule has 0 spiro atoms. The highest BCUT2D eigenvalue weighted by Gasteiger charge is 2.35. The second-order valence-corrected chi connectivity index (χ2v) is 7.44. The molecule has 0 aromatic heterocycles. The zero-order valence-electron chi connectivity index (χ0n) is 18.5. The van der Waals surface area contributed by atoms with Crippen LogP contribution >= 0.6 is 0 Å². The number of benzene rings is 1. The van der Waals surface area contributed by atoms with Crippen molar-refractivity contribution >= 4 is 41.6 Å². The summed E-state index contributed by atoms with van der Waals surface area (Å²) < 4.78 is 9.94. The molecule has 0 radical (unpaired) electrons. The first-order valence-electron chi connectivity index (χ1n) is 10.2. The standard InChI is InChI=1S/C20H19N3O12/c1-10(32-19(28)34-21-15(24)5-6-16(21)25)12-3-4-13(14(9-12)23(30)31)11(2)33-20(29)35-22-17(26)7-8-18(22)27/h3-4,9-11H,5-8H2,1-2H3. The molecule has 0 N–H and O–H groups in total. The number of imide groups is 2. The molecular formula is C20H19N3O12. The zero-order chi connectivity index (χ0) is 25.9. The summed E-state index contributed by atoms with van der Waals surface area (Å²) in [6, 6.07) is 3.67. The van der Waals surface area contributed by atoms with Crippen LogP contribution in [0.25, 0.3) is 0 Å². The normalized spacial score (nSPS) is 17.3. The first-order chi connectivity index (χ1) is 16.5. The summed E-state index contributed by atoms with van der Waals surface area (Å²) in [6.45, 7) is 2.67. The number of nitro benzene ring substituents is 1. The maximum atomic E-state index is 12.0. The molecule has 0 bridgehead atoms. The monoisotopic (exact) mass is 493 g/mol. The maximum absolute atomic E-state index is 12.0. The summed E-state index contributed by atoms with van der Waals surface area (Å²) in [4.78, 5) is 90.0. The molecule has 2 aliphatic rings. The van der Waals surface area contributed by atoms with Crippen molar-refractivity contribution in [3.8, 4) is 0 Å². The zero-order valence-corrected chi connectivity index (χ0v) is 18.5. The molecule has 186 valence electrons. The van der Waals surface area contributed by atoms with Crippen LogP contribution < -0.4 is 0 Å². The topological polar surface area (TPSA) is 189 Å². The van der Waals surface area contributed by atoms with Crippen LogP contribution in [0.5, 0.6) is 0 Å². The van der Waals surface area contributed by atoms with E-state index in [9.17, 15) is 38.9 Å². The van der Waals surface area contributed by atoms with Crippen molar-refractivity contribution in [2.75, 3.05) is 0 Å². The van der Waals surface area contributed by atoms with Gasteiger partial charge in [0.25, 0.3) is 29.3 Å². The number of hydrogen-bond acceptors (Lipinski definition) is 12. The Labute approximate surface area is 196 Å². The molecule has 2 atom stereocenters. The molecule has 15 heteroatoms. The molecule has 0 saturated carbocycles. The van der Waals surface area contributed by atoms with Crippen molar-refractivity contribution in [3.63, 3.8) is 0 Å². The smallest absolute Gasteiger partial charge is 0.425 e. The molecule has 35 heavy (non-hydrogen) atoms. The fourth-order valence-electron chi connectivity index (χ4n) is 3.24. The fourth-order valence-corrected chi connectivity index (χ4v) is 3.24. The van der Waals surface area contributed by atoms with Crippen LogP contribution in [-0.2, 0) is 38.3 Å². The van der Waals surface area contributed by atoms with E-state index in [-0.39, 0.29) is 41.9 Å². The summed E-state index contributed by atoms with van der Waals surface area (Å²) in [5.41, 5.74) is -0.401. The summed E-state index contributed by atoms with van der Waals surface area (Å²) in [7, 11) is 0. The lowest BCUT2D eigenvalue weighted by molar-refractivity contribution is -0.386. The van der Waals surface area contributed by atoms with E-state index in [1.165, 1.54) is 26.0 Å². The van der Waals surface area contributed by atoms with E-state index in [2.05, 4.69) is 9.68 Å². The minimum Gasteiger partial charge on any atom is -0.425 e. The Morgan fingerprint density at radius 1 is 0.829 bits per heavy atom. The average molecular weight is 493 g/mol. The molecule has 3 rings (SSSR count). The predicted molar refractivity (Wildman–Crippen MR) is 107 cm³/mol. The van der Waals surface area contributed by atoms with E-state index in [1.54, 1.807) is 0 Å². The lowest BCUT2D eigenvalue weighted by atomic mass is 10.0. The second kappa shape index (κ2) is 10.1. The molecule has 2 saturated heterocycles. The van der Waals surface area contributed by atoms with Crippen LogP contribution in [-0.4, -0.2) is 51.0 Å². The van der Waals surface area contributed by atoms with E-state index in [0.717, 1.165) is 6.07 Å². The molecule has 2 heterocycles. The van der Waals surface area contributed by atoms with Gasteiger partial charge in [0, 0.05) is 31.7 Å². The third-order valence-corrected chi connectivity index (χ3v) is 5.05. The predicted octanol–water partition coefficient (Wildman–Crippen LogP) is 2.15. The van der Waals surface area contributed by atoms with Crippen LogP contribution in [0.15, 0.2) is 18.2 Å². The molecule has 15 nitrogen and oxygen atoms in total. The van der Waals surface area contributed by atoms with Crippen molar-refractivity contribution in [2.24, 2.45) is 0 Å². The Bertz CT molecular complexity index is 1080. The number of carbonyl (C=O) groups is 6. The van der Waals surface area contributed by atoms with Crippen LogP contribution in [0.4, 0.5) is 15.3 Å². The van der Waals surface area contributed by atoms with E-state index in [1.807, 2.05) is 0 Å². The third-order valence-electron chi connectivity index (χ3n) is 5.05. The number of ether oxygens (including phenoxy) is 2. The summed E-state index contributed by atoms with van der Waals surface area (Å²) >= 11 is 0. The highest BCUT2D eigenvalue weighted by atomic mass is 16.8. The van der Waals surface area contributed by atoms with Gasteiger partial charge in [-0.05, 0) is 25.5 Å². The molecular weight excluding hydrogens is 474 g/mol. The average Bonchev–Trinajstić information content (AvgIpc) is 3.28.